The summed E-state index contributed by atoms with van der Waals surface area (Å²) in [6.07, 6.45) is 0. The van der Waals surface area contributed by atoms with E-state index in [-0.39, 0.29) is 12.5 Å². The first-order valence-corrected chi connectivity index (χ1v) is 7.24. The summed E-state index contributed by atoms with van der Waals surface area (Å²) in [5.41, 5.74) is 2.17. The number of para-hydroxylation sites is 1. The van der Waals surface area contributed by atoms with Gasteiger partial charge >= 0.3 is 0 Å². The van der Waals surface area contributed by atoms with E-state index in [4.69, 9.17) is 0 Å². The van der Waals surface area contributed by atoms with Crippen LogP contribution in [0, 0.1) is 12.8 Å². The standard InChI is InChI=1S/C14H19N3OS/c1-9(2)7-15-12(18)8-16-14-17-13-10(3)5-4-6-11(13)19-14/h4-6,9H,7-8H2,1-3H3,(H,15,18)(H,16,17). The van der Waals surface area contributed by atoms with Gasteiger partial charge in [0.2, 0.25) is 5.91 Å². The van der Waals surface area contributed by atoms with Crippen molar-refractivity contribution in [3.8, 4) is 0 Å². The van der Waals surface area contributed by atoms with E-state index < -0.39 is 0 Å². The van der Waals surface area contributed by atoms with Gasteiger partial charge in [0.05, 0.1) is 16.8 Å². The van der Waals surface area contributed by atoms with Gasteiger partial charge in [0.25, 0.3) is 0 Å². The maximum atomic E-state index is 11.6. The molecule has 2 rings (SSSR count). The van der Waals surface area contributed by atoms with Gasteiger partial charge in [-0.15, -0.1) is 0 Å². The highest BCUT2D eigenvalue weighted by atomic mass is 32.1. The average molecular weight is 277 g/mol. The quantitative estimate of drug-likeness (QED) is 0.883. The minimum absolute atomic E-state index is 0.00433. The van der Waals surface area contributed by atoms with Crippen molar-refractivity contribution in [1.29, 1.82) is 0 Å². The first-order chi connectivity index (χ1) is 9.06. The van der Waals surface area contributed by atoms with Crippen LogP contribution in [0.3, 0.4) is 0 Å². The predicted octanol–water partition coefficient (Wildman–Crippen LogP) is 2.79. The number of hydrogen-bond donors (Lipinski definition) is 2. The zero-order valence-corrected chi connectivity index (χ0v) is 12.3. The first-order valence-electron chi connectivity index (χ1n) is 6.43. The summed E-state index contributed by atoms with van der Waals surface area (Å²) < 4.78 is 1.14. The number of nitrogens with one attached hydrogen (secondary N) is 2. The molecule has 0 radical (unpaired) electrons. The van der Waals surface area contributed by atoms with Crippen molar-refractivity contribution in [3.63, 3.8) is 0 Å². The lowest BCUT2D eigenvalue weighted by Crippen LogP contribution is -2.32. The molecular weight excluding hydrogens is 258 g/mol. The minimum Gasteiger partial charge on any atom is -0.354 e. The van der Waals surface area contributed by atoms with E-state index in [0.29, 0.717) is 12.5 Å². The van der Waals surface area contributed by atoms with Gasteiger partial charge in [-0.1, -0.05) is 37.3 Å². The predicted molar refractivity (Wildman–Crippen MR) is 80.7 cm³/mol. The number of aromatic nitrogens is 1. The van der Waals surface area contributed by atoms with E-state index in [0.717, 1.165) is 20.9 Å². The molecule has 0 saturated heterocycles. The van der Waals surface area contributed by atoms with Crippen LogP contribution in [0.2, 0.25) is 0 Å². The second kappa shape index (κ2) is 6.02. The molecule has 5 heteroatoms. The summed E-state index contributed by atoms with van der Waals surface area (Å²) in [6.45, 7) is 7.17. The fraction of sp³-hybridized carbons (Fsp3) is 0.429. The minimum atomic E-state index is 0.00433. The molecule has 0 atom stereocenters. The number of anilines is 1. The van der Waals surface area contributed by atoms with Crippen molar-refractivity contribution in [2.45, 2.75) is 20.8 Å². The Labute approximate surface area is 117 Å². The lowest BCUT2D eigenvalue weighted by molar-refractivity contribution is -0.119. The van der Waals surface area contributed by atoms with Crippen LogP contribution in [-0.2, 0) is 4.79 Å². The third kappa shape index (κ3) is 3.67. The van der Waals surface area contributed by atoms with E-state index in [1.165, 1.54) is 0 Å². The number of nitrogens with zero attached hydrogens (tertiary/aromatic N) is 1. The van der Waals surface area contributed by atoms with Gasteiger partial charge in [-0.05, 0) is 24.5 Å². The Balaban J connectivity index is 1.95. The number of aryl methyl sites for hydroxylation is 1. The van der Waals surface area contributed by atoms with Crippen molar-refractivity contribution >= 4 is 32.6 Å². The van der Waals surface area contributed by atoms with Gasteiger partial charge in [-0.3, -0.25) is 4.79 Å². The highest BCUT2D eigenvalue weighted by Crippen LogP contribution is 2.27. The van der Waals surface area contributed by atoms with Crippen LogP contribution >= 0.6 is 11.3 Å². The van der Waals surface area contributed by atoms with Gasteiger partial charge in [0, 0.05) is 6.54 Å². The third-order valence-electron chi connectivity index (χ3n) is 2.73. The van der Waals surface area contributed by atoms with Crippen molar-refractivity contribution < 1.29 is 4.79 Å². The molecule has 0 saturated carbocycles. The van der Waals surface area contributed by atoms with Crippen molar-refractivity contribution in [1.82, 2.24) is 10.3 Å². The molecule has 1 aromatic carbocycles. The van der Waals surface area contributed by atoms with E-state index in [2.05, 4.69) is 29.5 Å². The molecule has 0 bridgehead atoms. The summed E-state index contributed by atoms with van der Waals surface area (Å²) in [6, 6.07) is 6.11. The summed E-state index contributed by atoms with van der Waals surface area (Å²) in [5, 5.41) is 6.75. The lowest BCUT2D eigenvalue weighted by Gasteiger charge is -2.07. The zero-order chi connectivity index (χ0) is 13.8. The van der Waals surface area contributed by atoms with E-state index in [1.54, 1.807) is 11.3 Å². The molecular formula is C14H19N3OS. The first kappa shape index (κ1) is 13.8. The molecule has 0 aliphatic carbocycles. The van der Waals surface area contributed by atoms with Crippen LogP contribution in [0.5, 0.6) is 0 Å². The van der Waals surface area contributed by atoms with Gasteiger partial charge in [-0.25, -0.2) is 4.98 Å². The molecule has 0 unspecified atom stereocenters. The Bertz CT molecular complexity index is 577. The van der Waals surface area contributed by atoms with Crippen molar-refractivity contribution in [2.24, 2.45) is 5.92 Å². The fourth-order valence-corrected chi connectivity index (χ4v) is 2.64. The van der Waals surface area contributed by atoms with Crippen LogP contribution in [0.1, 0.15) is 19.4 Å². The average Bonchev–Trinajstić information content (AvgIpc) is 2.78. The van der Waals surface area contributed by atoms with Crippen molar-refractivity contribution in [3.05, 3.63) is 23.8 Å². The second-order valence-electron chi connectivity index (χ2n) is 4.99. The maximum absolute atomic E-state index is 11.6. The molecule has 19 heavy (non-hydrogen) atoms. The van der Waals surface area contributed by atoms with Crippen LogP contribution < -0.4 is 10.6 Å². The highest BCUT2D eigenvalue weighted by Gasteiger charge is 2.07. The second-order valence-corrected chi connectivity index (χ2v) is 6.02. The van der Waals surface area contributed by atoms with Crippen LogP contribution in [0.25, 0.3) is 10.2 Å². The number of carbonyl (C=O) groups is 1. The van der Waals surface area contributed by atoms with E-state index in [1.807, 2.05) is 25.1 Å². The molecule has 1 aromatic heterocycles. The van der Waals surface area contributed by atoms with Gasteiger partial charge < -0.3 is 10.6 Å². The monoisotopic (exact) mass is 277 g/mol. The number of hydrogen-bond acceptors (Lipinski definition) is 4. The van der Waals surface area contributed by atoms with E-state index in [9.17, 15) is 4.79 Å². The molecule has 2 N–H and O–H groups in total. The third-order valence-corrected chi connectivity index (χ3v) is 3.71. The zero-order valence-electron chi connectivity index (χ0n) is 11.5. The maximum Gasteiger partial charge on any atom is 0.239 e. The Hall–Kier alpha value is -1.62. The molecule has 1 heterocycles. The summed E-state index contributed by atoms with van der Waals surface area (Å²) in [5.74, 6) is 0.471. The van der Waals surface area contributed by atoms with E-state index >= 15 is 0 Å². The smallest absolute Gasteiger partial charge is 0.239 e. The van der Waals surface area contributed by atoms with Gasteiger partial charge in [-0.2, -0.15) is 0 Å². The molecule has 4 nitrogen and oxygen atoms in total. The Morgan fingerprint density at radius 2 is 2.21 bits per heavy atom. The summed E-state index contributed by atoms with van der Waals surface area (Å²) in [7, 11) is 0. The normalized spacial score (nSPS) is 10.9. The highest BCUT2D eigenvalue weighted by molar-refractivity contribution is 7.22. The fourth-order valence-electron chi connectivity index (χ4n) is 1.70. The van der Waals surface area contributed by atoms with Crippen LogP contribution in [0.4, 0.5) is 5.13 Å². The molecule has 0 fully saturated rings. The number of carbonyl (C=O) groups excluding carboxylic acids is 1. The van der Waals surface area contributed by atoms with Crippen LogP contribution in [-0.4, -0.2) is 24.0 Å². The lowest BCUT2D eigenvalue weighted by atomic mass is 10.2. The summed E-state index contributed by atoms with van der Waals surface area (Å²) >= 11 is 1.58. The SMILES string of the molecule is Cc1cccc2sc(NCC(=O)NCC(C)C)nc12. The Kier molecular flexibility index (Phi) is 4.37. The summed E-state index contributed by atoms with van der Waals surface area (Å²) in [4.78, 5) is 16.1. The Morgan fingerprint density at radius 3 is 2.89 bits per heavy atom. The number of benzene rings is 1. The molecule has 0 aliphatic heterocycles. The molecule has 102 valence electrons. The molecule has 0 spiro atoms. The largest absolute Gasteiger partial charge is 0.354 e. The number of thiazole rings is 1. The van der Waals surface area contributed by atoms with Crippen molar-refractivity contribution in [2.75, 3.05) is 18.4 Å². The number of rotatable bonds is 5. The topological polar surface area (TPSA) is 54.0 Å². The van der Waals surface area contributed by atoms with Gasteiger partial charge in [0.15, 0.2) is 5.13 Å². The molecule has 2 aromatic rings. The number of amides is 1. The van der Waals surface area contributed by atoms with Crippen LogP contribution in [0.15, 0.2) is 18.2 Å². The molecule has 0 aliphatic rings. The van der Waals surface area contributed by atoms with Gasteiger partial charge in [0.1, 0.15) is 0 Å². The Morgan fingerprint density at radius 1 is 1.42 bits per heavy atom. The molecule has 1 amide bonds. The number of fused-ring (bicyclic) bond motifs is 1.